The molecule has 4 rings (SSSR count). The zero-order chi connectivity index (χ0) is 23.1. The fourth-order valence-corrected chi connectivity index (χ4v) is 3.20. The molecule has 9 nitrogen and oxygen atoms in total. The molecule has 0 aliphatic carbocycles. The summed E-state index contributed by atoms with van der Waals surface area (Å²) in [5, 5.41) is 6.25. The van der Waals surface area contributed by atoms with Crippen molar-refractivity contribution in [2.45, 2.75) is 6.36 Å². The van der Waals surface area contributed by atoms with E-state index in [4.69, 9.17) is 4.74 Å². The van der Waals surface area contributed by atoms with Gasteiger partial charge in [-0.3, -0.25) is 4.90 Å². The first-order valence-corrected chi connectivity index (χ1v) is 10.3. The summed E-state index contributed by atoms with van der Waals surface area (Å²) in [4.78, 5) is 19.3. The number of hydrogen-bond donors (Lipinski definition) is 2. The number of pyridine rings is 1. The molecular formula is C21H22F3N7O2. The lowest BCUT2D eigenvalue weighted by atomic mass is 10.2. The summed E-state index contributed by atoms with van der Waals surface area (Å²) in [6.07, 6.45) is -1.71. The molecule has 0 amide bonds. The van der Waals surface area contributed by atoms with E-state index in [1.54, 1.807) is 12.3 Å². The zero-order valence-electron chi connectivity index (χ0n) is 17.5. The number of rotatable bonds is 8. The largest absolute Gasteiger partial charge is 0.573 e. The van der Waals surface area contributed by atoms with Crippen molar-refractivity contribution in [1.82, 2.24) is 24.8 Å². The molecule has 1 aliphatic rings. The Morgan fingerprint density at radius 1 is 1.03 bits per heavy atom. The van der Waals surface area contributed by atoms with E-state index in [9.17, 15) is 13.2 Å². The van der Waals surface area contributed by atoms with Crippen molar-refractivity contribution in [1.29, 1.82) is 0 Å². The van der Waals surface area contributed by atoms with Gasteiger partial charge < -0.3 is 20.1 Å². The number of ether oxygens (including phenoxy) is 2. The molecule has 33 heavy (non-hydrogen) atoms. The third-order valence-corrected chi connectivity index (χ3v) is 4.77. The van der Waals surface area contributed by atoms with Gasteiger partial charge in [0.05, 0.1) is 13.2 Å². The van der Waals surface area contributed by atoms with Crippen LogP contribution in [0.1, 0.15) is 0 Å². The van der Waals surface area contributed by atoms with Crippen molar-refractivity contribution in [3.8, 4) is 17.1 Å². The van der Waals surface area contributed by atoms with Crippen LogP contribution in [0, 0.1) is 0 Å². The Balaban J connectivity index is 1.37. The van der Waals surface area contributed by atoms with Crippen molar-refractivity contribution in [3.05, 3.63) is 48.9 Å². The van der Waals surface area contributed by atoms with Gasteiger partial charge in [0.15, 0.2) is 5.82 Å². The van der Waals surface area contributed by atoms with Gasteiger partial charge in [-0.2, -0.15) is 4.98 Å². The number of nitrogens with zero attached hydrogens (tertiary/aromatic N) is 5. The first kappa shape index (κ1) is 22.7. The lowest BCUT2D eigenvalue weighted by Gasteiger charge is -2.26. The Hall–Kier alpha value is -3.51. The molecule has 3 heterocycles. The molecule has 0 radical (unpaired) electrons. The van der Waals surface area contributed by atoms with Crippen LogP contribution in [0.3, 0.4) is 0 Å². The van der Waals surface area contributed by atoms with E-state index in [-0.39, 0.29) is 11.7 Å². The summed E-state index contributed by atoms with van der Waals surface area (Å²) in [6.45, 7) is 5.00. The van der Waals surface area contributed by atoms with Gasteiger partial charge >= 0.3 is 6.36 Å². The Bertz CT molecular complexity index is 1040. The quantitative estimate of drug-likeness (QED) is 0.524. The van der Waals surface area contributed by atoms with E-state index in [0.717, 1.165) is 45.0 Å². The van der Waals surface area contributed by atoms with Crippen LogP contribution in [-0.4, -0.2) is 70.6 Å². The van der Waals surface area contributed by atoms with Gasteiger partial charge in [-0.15, -0.1) is 13.2 Å². The molecule has 1 fully saturated rings. The average molecular weight is 461 g/mol. The van der Waals surface area contributed by atoms with Gasteiger partial charge in [-0.1, -0.05) is 0 Å². The van der Waals surface area contributed by atoms with E-state index in [1.165, 1.54) is 30.6 Å². The van der Waals surface area contributed by atoms with Gasteiger partial charge in [0, 0.05) is 43.6 Å². The van der Waals surface area contributed by atoms with E-state index in [2.05, 4.69) is 40.2 Å². The minimum atomic E-state index is -4.74. The Kier molecular flexibility index (Phi) is 7.15. The molecule has 3 aromatic rings. The Morgan fingerprint density at radius 3 is 2.58 bits per heavy atom. The molecule has 174 valence electrons. The fourth-order valence-electron chi connectivity index (χ4n) is 3.20. The van der Waals surface area contributed by atoms with E-state index < -0.39 is 6.36 Å². The number of anilines is 3. The molecule has 12 heteroatoms. The highest BCUT2D eigenvalue weighted by molar-refractivity contribution is 5.61. The van der Waals surface area contributed by atoms with Crippen LogP contribution in [0.4, 0.5) is 30.6 Å². The van der Waals surface area contributed by atoms with Gasteiger partial charge in [0.25, 0.3) is 0 Å². The summed E-state index contributed by atoms with van der Waals surface area (Å²) in [5.74, 6) is 1.08. The van der Waals surface area contributed by atoms with Crippen LogP contribution in [0.5, 0.6) is 5.75 Å². The molecule has 0 atom stereocenters. The molecule has 0 spiro atoms. The number of aromatic nitrogens is 4. The molecule has 2 N–H and O–H groups in total. The number of benzene rings is 1. The van der Waals surface area contributed by atoms with Crippen LogP contribution >= 0.6 is 0 Å². The van der Waals surface area contributed by atoms with Crippen molar-refractivity contribution < 1.29 is 22.6 Å². The van der Waals surface area contributed by atoms with E-state index in [1.807, 2.05) is 6.07 Å². The monoisotopic (exact) mass is 461 g/mol. The van der Waals surface area contributed by atoms with Gasteiger partial charge in [-0.25, -0.2) is 15.0 Å². The van der Waals surface area contributed by atoms with Crippen LogP contribution in [-0.2, 0) is 4.74 Å². The first-order chi connectivity index (χ1) is 15.9. The highest BCUT2D eigenvalue weighted by Crippen LogP contribution is 2.25. The second-order valence-electron chi connectivity index (χ2n) is 7.14. The molecule has 0 unspecified atom stereocenters. The van der Waals surface area contributed by atoms with Crippen molar-refractivity contribution >= 4 is 17.5 Å². The SMILES string of the molecule is FC(F)(F)Oc1ccc(Nc2ncnc(-c3ccnc(NCCN4CCOCC4)c3)n2)cc1. The summed E-state index contributed by atoms with van der Waals surface area (Å²) >= 11 is 0. The van der Waals surface area contributed by atoms with Crippen molar-refractivity contribution in [2.24, 2.45) is 0 Å². The lowest BCUT2D eigenvalue weighted by molar-refractivity contribution is -0.274. The fraction of sp³-hybridized carbons (Fsp3) is 0.333. The van der Waals surface area contributed by atoms with E-state index in [0.29, 0.717) is 17.3 Å². The second-order valence-corrected chi connectivity index (χ2v) is 7.14. The molecule has 0 saturated carbocycles. The third kappa shape index (κ3) is 6.99. The average Bonchev–Trinajstić information content (AvgIpc) is 2.81. The van der Waals surface area contributed by atoms with Crippen molar-refractivity contribution in [2.75, 3.05) is 50.0 Å². The normalized spacial score (nSPS) is 14.6. The number of hydrogen-bond acceptors (Lipinski definition) is 9. The third-order valence-electron chi connectivity index (χ3n) is 4.77. The van der Waals surface area contributed by atoms with Gasteiger partial charge in [0.1, 0.15) is 17.9 Å². The zero-order valence-corrected chi connectivity index (χ0v) is 17.5. The van der Waals surface area contributed by atoms with Crippen LogP contribution in [0.2, 0.25) is 0 Å². The number of alkyl halides is 3. The standard InChI is InChI=1S/C21H22F3N7O2/c22-21(23,24)33-17-3-1-16(2-4-17)29-20-28-14-27-19(30-20)15-5-6-25-18(13-15)26-7-8-31-9-11-32-12-10-31/h1-6,13-14H,7-12H2,(H,25,26)(H,27,28,29,30). The topological polar surface area (TPSA) is 97.3 Å². The van der Waals surface area contributed by atoms with Gasteiger partial charge in [0.2, 0.25) is 5.95 Å². The second kappa shape index (κ2) is 10.4. The highest BCUT2D eigenvalue weighted by atomic mass is 19.4. The Morgan fingerprint density at radius 2 is 1.82 bits per heavy atom. The smallest absolute Gasteiger partial charge is 0.406 e. The summed E-state index contributed by atoms with van der Waals surface area (Å²) in [7, 11) is 0. The number of halogens is 3. The van der Waals surface area contributed by atoms with Crippen LogP contribution in [0.15, 0.2) is 48.9 Å². The number of morpholine rings is 1. The Labute approximate surface area is 188 Å². The molecule has 2 aromatic heterocycles. The first-order valence-electron chi connectivity index (χ1n) is 10.3. The van der Waals surface area contributed by atoms with E-state index >= 15 is 0 Å². The van der Waals surface area contributed by atoms with Crippen LogP contribution in [0.25, 0.3) is 11.4 Å². The molecule has 0 bridgehead atoms. The maximum Gasteiger partial charge on any atom is 0.573 e. The summed E-state index contributed by atoms with van der Waals surface area (Å²) in [6, 6.07) is 8.92. The minimum absolute atomic E-state index is 0.253. The molecule has 1 saturated heterocycles. The number of nitrogens with one attached hydrogen (secondary N) is 2. The predicted octanol–water partition coefficient (Wildman–Crippen LogP) is 3.32. The minimum Gasteiger partial charge on any atom is -0.406 e. The highest BCUT2D eigenvalue weighted by Gasteiger charge is 2.30. The maximum absolute atomic E-state index is 12.3. The molecule has 1 aromatic carbocycles. The van der Waals surface area contributed by atoms with Crippen molar-refractivity contribution in [3.63, 3.8) is 0 Å². The molecule has 1 aliphatic heterocycles. The molecular weight excluding hydrogens is 439 g/mol. The predicted molar refractivity (Wildman–Crippen MR) is 115 cm³/mol. The van der Waals surface area contributed by atoms with Crippen LogP contribution < -0.4 is 15.4 Å². The summed E-state index contributed by atoms with van der Waals surface area (Å²) in [5.41, 5.74) is 1.25. The lowest BCUT2D eigenvalue weighted by Crippen LogP contribution is -2.39. The van der Waals surface area contributed by atoms with Gasteiger partial charge in [-0.05, 0) is 36.4 Å². The maximum atomic E-state index is 12.3. The summed E-state index contributed by atoms with van der Waals surface area (Å²) < 4.78 is 46.1.